The van der Waals surface area contributed by atoms with Crippen LogP contribution in [0.15, 0.2) is 24.8 Å². The zero-order chi connectivity index (χ0) is 110. The Morgan fingerprint density at radius 3 is 1.50 bits per heavy atom. The summed E-state index contributed by atoms with van der Waals surface area (Å²) in [6.07, 6.45) is -45.6. The quantitative estimate of drug-likeness (QED) is 0.00791. The summed E-state index contributed by atoms with van der Waals surface area (Å²) in [7, 11) is 0. The number of unbranched alkanes of at least 4 members (excludes halogenated alkanes) is 1. The van der Waals surface area contributed by atoms with Gasteiger partial charge in [-0.1, -0.05) is 160 Å². The van der Waals surface area contributed by atoms with Crippen LogP contribution in [0.4, 0.5) is 0 Å². The van der Waals surface area contributed by atoms with Crippen molar-refractivity contribution in [3.8, 4) is 0 Å². The minimum Gasteiger partial charge on any atom is -0.479 e. The maximum atomic E-state index is 15.8. The lowest BCUT2D eigenvalue weighted by Crippen LogP contribution is -2.73. The van der Waals surface area contributed by atoms with E-state index < -0.39 is 334 Å². The highest BCUT2D eigenvalue weighted by Crippen LogP contribution is 2.65. The molecule has 19 N–H and O–H groups in total. The largest absolute Gasteiger partial charge is 0.479 e. The maximum Gasteiger partial charge on any atom is 0.338 e. The van der Waals surface area contributed by atoms with Crippen LogP contribution in [0.2, 0.25) is 0 Å². The Balaban J connectivity index is 1.54. The number of rotatable bonds is 67. The smallest absolute Gasteiger partial charge is 0.338 e. The second kappa shape index (κ2) is 60.2. The van der Waals surface area contributed by atoms with Gasteiger partial charge in [0.05, 0.1) is 104 Å². The van der Waals surface area contributed by atoms with Crippen LogP contribution in [-0.2, 0) is 114 Å². The molecular weight excluding hydrogens is 1970 g/mol. The molecule has 5 saturated heterocycles. The van der Waals surface area contributed by atoms with Gasteiger partial charge in [-0.25, -0.2) is 19.2 Å². The molecule has 1 aliphatic carbocycles. The molecule has 6 fully saturated rings. The molecule has 0 aromatic heterocycles. The molecule has 852 valence electrons. The van der Waals surface area contributed by atoms with Gasteiger partial charge in [0.1, 0.15) is 136 Å². The molecule has 43 nitrogen and oxygen atoms in total. The van der Waals surface area contributed by atoms with Gasteiger partial charge < -0.3 is 173 Å². The van der Waals surface area contributed by atoms with Crippen molar-refractivity contribution in [1.82, 2.24) is 16.0 Å². The van der Waals surface area contributed by atoms with E-state index in [0.717, 1.165) is 31.7 Å². The van der Waals surface area contributed by atoms with Crippen molar-refractivity contribution in [3.05, 3.63) is 24.8 Å². The van der Waals surface area contributed by atoms with Gasteiger partial charge in [-0.05, 0) is 104 Å². The van der Waals surface area contributed by atoms with Crippen LogP contribution in [0, 0.1) is 22.2 Å². The van der Waals surface area contributed by atoms with Crippen LogP contribution in [0.1, 0.15) is 266 Å². The highest BCUT2D eigenvalue weighted by Gasteiger charge is 2.81. The molecule has 3 amide bonds. The van der Waals surface area contributed by atoms with E-state index >= 15 is 4.79 Å². The number of nitrogens with one attached hydrogen (secondary N) is 3. The molecule has 6 rings (SSSR count). The fourth-order valence-corrected chi connectivity index (χ4v) is 24.1. The van der Waals surface area contributed by atoms with Gasteiger partial charge in [0.15, 0.2) is 37.2 Å². The summed E-state index contributed by atoms with van der Waals surface area (Å²) in [6, 6.07) is -4.96. The third kappa shape index (κ3) is 31.5. The molecule has 1 saturated carbocycles. The van der Waals surface area contributed by atoms with Gasteiger partial charge in [0.25, 0.3) is 0 Å². The summed E-state index contributed by atoms with van der Waals surface area (Å²) in [5.41, 5.74) is -11.4. The van der Waals surface area contributed by atoms with Gasteiger partial charge in [0, 0.05) is 54.9 Å². The van der Waals surface area contributed by atoms with Crippen molar-refractivity contribution in [1.29, 1.82) is 0 Å². The van der Waals surface area contributed by atoms with Gasteiger partial charge in [-0.2, -0.15) is 24.4 Å². The minimum atomic E-state index is -2.41. The summed E-state index contributed by atoms with van der Waals surface area (Å²) in [6.45, 7) is 29.3. The molecule has 0 bridgehead atoms. The van der Waals surface area contributed by atoms with Crippen molar-refractivity contribution in [2.24, 2.45) is 22.2 Å². The van der Waals surface area contributed by atoms with Gasteiger partial charge in [-0.15, -0.1) is 0 Å². The molecule has 5 aliphatic heterocycles. The van der Waals surface area contributed by atoms with E-state index in [9.17, 15) is 115 Å². The second-order valence-electron chi connectivity index (χ2n) is 40.8. The number of carboxylic acid groups (broad SMARTS) is 1. The average Bonchev–Trinajstić information content (AvgIpc) is 1.50. The van der Waals surface area contributed by atoms with E-state index in [1.807, 2.05) is 54.5 Å². The number of esters is 4. The number of hydrogen-bond donors (Lipinski definition) is 20. The first kappa shape index (κ1) is 131. The van der Waals surface area contributed by atoms with E-state index in [1.165, 1.54) is 13.8 Å². The average molecular weight is 2150 g/mol. The summed E-state index contributed by atoms with van der Waals surface area (Å²) >= 11 is 5.13. The third-order valence-electron chi connectivity index (χ3n) is 30.0. The standard InChI is InChI=1S/C102H177N3O40S2/c1-21-34-44-101(43-29-9,99(33-13,40-26-6)89-76(123)73(120)79(82(137-89)90(126)127)140-93(134-55(14)46-106)69(103-57(16)109)56(15)143-97(20,37-23-3)38-24-4)145-102-68(86(102)125)64(47-107)135-95(85(102)105-59(18)111)142-81-74(121)77(124)88(139-84(81)92(129)133-51-60(112)49-130-66(116)30-10)98(32-12,39-25-5)100(41-27-7,42-28-8)144-78-70(104-58(17)110)94(136-65(48-108)71(78)118)141-80-72(119)75(122)87(96(19,31-11)36-22-2)138-83(80)91(128)132-52-61(113)50-131-67(117)35-45-147-54-63(115)62(114)53-146/h23,30,37,55-56,60-65,68-89,93-95,106-108,112-115,118-125,146H,10,21-22,24-29,31-36,38-54H2,1-9,11-20H3,(H,103,109)(H,104,110)(H,105,111)(H,126,127)/b37-23-/t55?,56-,60?,61?,62?,63?,64?,65?,68?,69?,70?,71-,72?,73?,74?,75?,76?,77?,78?,79-,80-,81-,82?,83?,84?,85?,86-,87-,88-,89-,93+,94+,95+,96?,97?,98?,99?,101?,102?/m1/s1. The van der Waals surface area contributed by atoms with E-state index in [1.54, 1.807) is 61.5 Å². The Morgan fingerprint density at radius 1 is 0.537 bits per heavy atom. The van der Waals surface area contributed by atoms with Gasteiger partial charge in [-0.3, -0.25) is 19.2 Å². The molecule has 147 heavy (non-hydrogen) atoms. The SMILES string of the molecule is C=CC(=O)OCC(O)COC(=O)C1O[C@@H](C(CC)(CCC)C(CCC)(CCC)OC2C(NC(C)=O)[C@H](O[C@H]3C(C(=O)OCC(O)COC(=O)CCSCC(O)C(O)CS)O[C@@H](C(C)(CC)CCC)C(O)C3O)OC(CO)[C@H]2O)C(O)C(O)[C@H]1O[C@@H]1OC(CO)C2[C@@H](O)C2(OC(CCC)(CCCC)C(CC)(CCC)[C@@H]2OC(C(=O)O)[C@H](O[C@H](OC(C)CO)C(NC(C)=O)[C@@H](C)OC(C)(/C=C\C)CCC)C(O)C2O)C1NC(C)=O. The number of ether oxygens (including phenoxy) is 16. The van der Waals surface area contributed by atoms with E-state index in [4.69, 9.17) is 75.8 Å². The molecule has 39 atom stereocenters. The van der Waals surface area contributed by atoms with Gasteiger partial charge in [0.2, 0.25) is 17.7 Å². The highest BCUT2D eigenvalue weighted by molar-refractivity contribution is 7.99. The number of amides is 3. The number of hydrogen-bond acceptors (Lipinski definition) is 41. The van der Waals surface area contributed by atoms with E-state index in [-0.39, 0.29) is 107 Å². The number of carboxylic acids is 1. The maximum absolute atomic E-state index is 15.8. The van der Waals surface area contributed by atoms with E-state index in [0.29, 0.717) is 44.9 Å². The lowest BCUT2D eigenvalue weighted by molar-refractivity contribution is -0.355. The predicted molar refractivity (Wildman–Crippen MR) is 535 cm³/mol. The Kier molecular flexibility index (Phi) is 53.5. The van der Waals surface area contributed by atoms with Crippen LogP contribution >= 0.6 is 24.4 Å². The highest BCUT2D eigenvalue weighted by atomic mass is 32.2. The lowest BCUT2D eigenvalue weighted by Gasteiger charge is -2.60. The summed E-state index contributed by atoms with van der Waals surface area (Å²) < 4.78 is 104. The van der Waals surface area contributed by atoms with Gasteiger partial charge >= 0.3 is 29.8 Å². The zero-order valence-electron chi connectivity index (χ0n) is 89.2. The Morgan fingerprint density at radius 2 is 1.03 bits per heavy atom. The van der Waals surface area contributed by atoms with Crippen molar-refractivity contribution < 1.29 is 196 Å². The van der Waals surface area contributed by atoms with E-state index in [2.05, 4.69) is 35.2 Å². The number of aliphatic hydroxyl groups is 15. The third-order valence-corrected chi connectivity index (χ3v) is 31.5. The first-order chi connectivity index (χ1) is 69.5. The van der Waals surface area contributed by atoms with Crippen molar-refractivity contribution in [2.45, 2.75) is 484 Å². The molecule has 6 aliphatic rings. The molecule has 45 heteroatoms. The molecule has 5 heterocycles. The Bertz CT molecular complexity index is 4060. The number of thioether (sulfide) groups is 1. The van der Waals surface area contributed by atoms with Crippen molar-refractivity contribution in [3.63, 3.8) is 0 Å². The van der Waals surface area contributed by atoms with Crippen LogP contribution < -0.4 is 16.0 Å². The molecular formula is C102H177N3O40S2. The predicted octanol–water partition coefficient (Wildman–Crippen LogP) is 2.93. The summed E-state index contributed by atoms with van der Waals surface area (Å²) in [4.78, 5) is 112. The number of allylic oxidation sites excluding steroid dienone is 1. The van der Waals surface area contributed by atoms with Crippen LogP contribution in [0.25, 0.3) is 0 Å². The molecule has 0 aromatic rings. The number of carbonyl (C=O) groups is 8. The Hall–Kier alpha value is -5.14. The lowest BCUT2D eigenvalue weighted by atomic mass is 9.58. The number of thiol groups is 1. The molecule has 0 spiro atoms. The van der Waals surface area contributed by atoms with Crippen LogP contribution in [-0.4, -0.2) is 411 Å². The molecule has 0 aromatic carbocycles. The molecule has 27 unspecified atom stereocenters. The monoisotopic (exact) mass is 2150 g/mol. The molecule has 0 radical (unpaired) electrons. The number of aliphatic hydroxyl groups excluding tert-OH is 15. The number of fused-ring (bicyclic) bond motifs is 1. The van der Waals surface area contributed by atoms with Crippen molar-refractivity contribution >= 4 is 72.0 Å². The second-order valence-corrected chi connectivity index (χ2v) is 42.3. The normalized spacial score (nSPS) is 32.7. The first-order valence-electron chi connectivity index (χ1n) is 52.6. The summed E-state index contributed by atoms with van der Waals surface area (Å²) in [5.74, 6) is -9.54. The number of carbonyl (C=O) groups excluding carboxylic acids is 7. The first-order valence-corrected chi connectivity index (χ1v) is 54.4. The zero-order valence-corrected chi connectivity index (χ0v) is 90.9. The van der Waals surface area contributed by atoms with Crippen LogP contribution in [0.3, 0.4) is 0 Å². The topological polar surface area (TPSA) is 644 Å². The fraction of sp³-hybridized carbons (Fsp3) is 0.882. The van der Waals surface area contributed by atoms with Crippen LogP contribution in [0.5, 0.6) is 0 Å². The fourth-order valence-electron chi connectivity index (χ4n) is 22.9. The Labute approximate surface area is 874 Å². The number of aliphatic carboxylic acids is 1. The van der Waals surface area contributed by atoms with Crippen molar-refractivity contribution in [2.75, 3.05) is 63.5 Å². The summed E-state index contributed by atoms with van der Waals surface area (Å²) in [5, 5.41) is 201. The minimum absolute atomic E-state index is 0.000582.